The van der Waals surface area contributed by atoms with Crippen molar-refractivity contribution in [1.82, 2.24) is 10.4 Å². The summed E-state index contributed by atoms with van der Waals surface area (Å²) in [5.74, 6) is -4.02. The zero-order valence-electron chi connectivity index (χ0n) is 21.5. The number of amides is 3. The van der Waals surface area contributed by atoms with Gasteiger partial charge < -0.3 is 19.4 Å². The minimum atomic E-state index is -3.23. The van der Waals surface area contributed by atoms with Crippen LogP contribution in [0.5, 0.6) is 0 Å². The van der Waals surface area contributed by atoms with Crippen LogP contribution in [0.25, 0.3) is 11.0 Å². The van der Waals surface area contributed by atoms with Crippen LogP contribution in [-0.4, -0.2) is 75.3 Å². The van der Waals surface area contributed by atoms with Crippen LogP contribution in [0, 0.1) is 11.6 Å². The van der Waals surface area contributed by atoms with Crippen LogP contribution in [0.15, 0.2) is 46.9 Å². The molecule has 1 N–H and O–H groups in total. The van der Waals surface area contributed by atoms with Crippen LogP contribution in [0.3, 0.4) is 0 Å². The van der Waals surface area contributed by atoms with Gasteiger partial charge in [0.2, 0.25) is 0 Å². The van der Waals surface area contributed by atoms with Gasteiger partial charge in [-0.15, -0.1) is 0 Å². The second-order valence-electron chi connectivity index (χ2n) is 8.74. The Balaban J connectivity index is 1.43. The molecule has 2 heterocycles. The van der Waals surface area contributed by atoms with Gasteiger partial charge in [-0.3, -0.25) is 19.3 Å². The smallest absolute Gasteiger partial charge is 0.414 e. The predicted molar refractivity (Wildman–Crippen MR) is 135 cm³/mol. The van der Waals surface area contributed by atoms with Gasteiger partial charge in [0, 0.05) is 30.6 Å². The molecule has 0 radical (unpaired) electrons. The number of hydroxylamine groups is 2. The zero-order chi connectivity index (χ0) is 29.0. The number of anilines is 2. The maximum Gasteiger partial charge on any atom is 0.414 e. The molecule has 10 nitrogen and oxygen atoms in total. The number of alkyl halides is 2. The van der Waals surface area contributed by atoms with Crippen LogP contribution >= 0.6 is 0 Å². The number of benzene rings is 2. The van der Waals surface area contributed by atoms with Gasteiger partial charge in [0.1, 0.15) is 17.4 Å². The number of halogens is 4. The van der Waals surface area contributed by atoms with Crippen LogP contribution in [-0.2, 0) is 14.4 Å². The summed E-state index contributed by atoms with van der Waals surface area (Å²) in [5, 5.41) is 3.67. The average Bonchev–Trinajstić information content (AvgIpc) is 3.53. The number of cyclic esters (lactones) is 1. The van der Waals surface area contributed by atoms with E-state index in [4.69, 9.17) is 14.0 Å². The molecular formula is C26H26F4N4O6. The maximum absolute atomic E-state index is 15.2. The largest absolute Gasteiger partial charge is 0.451 e. The van der Waals surface area contributed by atoms with Crippen molar-refractivity contribution in [3.05, 3.63) is 59.9 Å². The topological polar surface area (TPSA) is 105 Å². The van der Waals surface area contributed by atoms with E-state index in [1.807, 2.05) is 5.32 Å². The van der Waals surface area contributed by atoms with Crippen molar-refractivity contribution in [2.75, 3.05) is 49.6 Å². The van der Waals surface area contributed by atoms with Crippen LogP contribution in [0.4, 0.5) is 33.7 Å². The van der Waals surface area contributed by atoms with E-state index in [1.165, 1.54) is 12.0 Å². The molecule has 2 aromatic carbocycles. The number of ether oxygens (including phenoxy) is 1. The van der Waals surface area contributed by atoms with Crippen LogP contribution in [0.1, 0.15) is 17.5 Å². The number of carbonyl (C=O) groups is 3. The Hall–Kier alpha value is -4.33. The molecule has 1 fully saturated rings. The summed E-state index contributed by atoms with van der Waals surface area (Å²) in [6.07, 6.45) is -5.17. The molecule has 1 atom stereocenters. The normalized spacial score (nSPS) is 15.0. The van der Waals surface area contributed by atoms with Crippen molar-refractivity contribution < 1.29 is 45.9 Å². The average molecular weight is 567 g/mol. The molecule has 1 saturated heterocycles. The highest BCUT2D eigenvalue weighted by Gasteiger charge is 2.34. The van der Waals surface area contributed by atoms with Gasteiger partial charge in [-0.2, -0.15) is 8.78 Å². The van der Waals surface area contributed by atoms with Crippen molar-refractivity contribution in [1.29, 1.82) is 0 Å². The number of hydrogen-bond acceptors (Lipinski definition) is 7. The summed E-state index contributed by atoms with van der Waals surface area (Å²) in [6.45, 7) is 1.15. The number of nitrogens with one attached hydrogen (secondary N) is 1. The molecular weight excluding hydrogens is 540 g/mol. The van der Waals surface area contributed by atoms with E-state index < -0.39 is 42.1 Å². The Morgan fingerprint density at radius 3 is 2.48 bits per heavy atom. The van der Waals surface area contributed by atoms with Gasteiger partial charge in [-0.25, -0.2) is 18.6 Å². The number of hydrogen-bond donors (Lipinski definition) is 1. The van der Waals surface area contributed by atoms with Crippen molar-refractivity contribution in [3.63, 3.8) is 0 Å². The Kier molecular flexibility index (Phi) is 8.77. The molecule has 1 aliphatic heterocycles. The first-order chi connectivity index (χ1) is 19.1. The van der Waals surface area contributed by atoms with Crippen molar-refractivity contribution in [2.45, 2.75) is 19.5 Å². The van der Waals surface area contributed by atoms with E-state index in [2.05, 4.69) is 0 Å². The van der Waals surface area contributed by atoms with Gasteiger partial charge >= 0.3 is 18.4 Å². The standard InChI is InChI=1S/C26H26F4N4O6/c1-3-32(8-9-34(38-2)25(36)21-10-15-6-4-5-7-20(15)40-21)22-18(27)11-16(12-19(22)28)33-14-17(39-26(33)37)13-31-24(35)23(29)30/h4-7,10-12,17,23H,3,8-9,13-14H2,1-2H3,(H,31,35)/t17-/m0/s1. The van der Waals surface area contributed by atoms with E-state index in [-0.39, 0.29) is 49.9 Å². The van der Waals surface area contributed by atoms with E-state index in [1.54, 1.807) is 37.3 Å². The summed E-state index contributed by atoms with van der Waals surface area (Å²) in [7, 11) is 1.29. The number of nitrogens with zero attached hydrogens (tertiary/aromatic N) is 3. The fourth-order valence-corrected chi connectivity index (χ4v) is 4.27. The monoisotopic (exact) mass is 566 g/mol. The molecule has 3 aromatic rings. The molecule has 0 aliphatic carbocycles. The van der Waals surface area contributed by atoms with E-state index >= 15 is 8.78 Å². The summed E-state index contributed by atoms with van der Waals surface area (Å²) >= 11 is 0. The highest BCUT2D eigenvalue weighted by atomic mass is 19.3. The maximum atomic E-state index is 15.2. The fourth-order valence-electron chi connectivity index (χ4n) is 4.27. The Morgan fingerprint density at radius 2 is 1.85 bits per heavy atom. The number of rotatable bonds is 11. The summed E-state index contributed by atoms with van der Waals surface area (Å²) in [6, 6.07) is 10.5. The zero-order valence-corrected chi connectivity index (χ0v) is 21.5. The number of furan rings is 1. The molecule has 14 heteroatoms. The number of fused-ring (bicyclic) bond motifs is 1. The fraction of sp³-hybridized carbons (Fsp3) is 0.346. The highest BCUT2D eigenvalue weighted by molar-refractivity contribution is 5.95. The van der Waals surface area contributed by atoms with Crippen molar-refractivity contribution in [2.24, 2.45) is 0 Å². The third kappa shape index (κ3) is 6.11. The van der Waals surface area contributed by atoms with E-state index in [0.717, 1.165) is 27.5 Å². The predicted octanol–water partition coefficient (Wildman–Crippen LogP) is 3.95. The van der Waals surface area contributed by atoms with Crippen molar-refractivity contribution in [3.8, 4) is 0 Å². The van der Waals surface area contributed by atoms with Gasteiger partial charge in [0.05, 0.1) is 32.4 Å². The quantitative estimate of drug-likeness (QED) is 0.277. The molecule has 4 rings (SSSR count). The lowest BCUT2D eigenvalue weighted by Gasteiger charge is -2.28. The number of para-hydroxylation sites is 1. The summed E-state index contributed by atoms with van der Waals surface area (Å²) in [5.41, 5.74) is -0.0136. The molecule has 40 heavy (non-hydrogen) atoms. The first-order valence-electron chi connectivity index (χ1n) is 12.3. The minimum absolute atomic E-state index is 0.0127. The summed E-state index contributed by atoms with van der Waals surface area (Å²) in [4.78, 5) is 43.7. The molecule has 1 aliphatic rings. The third-order valence-electron chi connectivity index (χ3n) is 6.24. The van der Waals surface area contributed by atoms with Crippen molar-refractivity contribution >= 4 is 40.3 Å². The highest BCUT2D eigenvalue weighted by Crippen LogP contribution is 2.31. The molecule has 0 unspecified atom stereocenters. The Labute approximate surface area is 225 Å². The SMILES string of the molecule is CCN(CCN(OC)C(=O)c1cc2ccccc2o1)c1c(F)cc(N2C[C@H](CNC(=O)C(F)F)OC2=O)cc1F. The Morgan fingerprint density at radius 1 is 1.15 bits per heavy atom. The van der Waals surface area contributed by atoms with Gasteiger partial charge in [-0.1, -0.05) is 18.2 Å². The lowest BCUT2D eigenvalue weighted by Crippen LogP contribution is -2.38. The number of likely N-dealkylation sites (N-methyl/N-ethyl adjacent to an activating group) is 1. The van der Waals surface area contributed by atoms with E-state index in [9.17, 15) is 23.2 Å². The lowest BCUT2D eigenvalue weighted by molar-refractivity contribution is -0.132. The van der Waals surface area contributed by atoms with Gasteiger partial charge in [-0.05, 0) is 19.1 Å². The van der Waals surface area contributed by atoms with Gasteiger partial charge in [0.15, 0.2) is 17.4 Å². The number of carbonyl (C=O) groups excluding carboxylic acids is 3. The molecule has 0 bridgehead atoms. The molecule has 214 valence electrons. The third-order valence-corrected chi connectivity index (χ3v) is 6.24. The molecule has 0 spiro atoms. The van der Waals surface area contributed by atoms with Crippen LogP contribution in [0.2, 0.25) is 0 Å². The minimum Gasteiger partial charge on any atom is -0.451 e. The molecule has 3 amide bonds. The lowest BCUT2D eigenvalue weighted by atomic mass is 10.2. The first-order valence-corrected chi connectivity index (χ1v) is 12.3. The molecule has 1 aromatic heterocycles. The first kappa shape index (κ1) is 28.7. The van der Waals surface area contributed by atoms with E-state index in [0.29, 0.717) is 5.58 Å². The second-order valence-corrected chi connectivity index (χ2v) is 8.74. The molecule has 0 saturated carbocycles. The second kappa shape index (κ2) is 12.2. The van der Waals surface area contributed by atoms with Gasteiger partial charge in [0.25, 0.3) is 5.91 Å². The van der Waals surface area contributed by atoms with Crippen LogP contribution < -0.4 is 15.1 Å². The summed E-state index contributed by atoms with van der Waals surface area (Å²) < 4.78 is 65.7. The Bertz CT molecular complexity index is 1340.